The van der Waals surface area contributed by atoms with Crippen molar-refractivity contribution in [3.05, 3.63) is 60.2 Å². The van der Waals surface area contributed by atoms with Crippen molar-refractivity contribution in [3.63, 3.8) is 0 Å². The summed E-state index contributed by atoms with van der Waals surface area (Å²) in [4.78, 5) is 0. The molecule has 2 aromatic carbocycles. The zero-order valence-electron chi connectivity index (χ0n) is 11.7. The second-order valence-corrected chi connectivity index (χ2v) is 5.26. The molecule has 0 atom stereocenters. The number of thiocarbonyl (C=S) groups is 1. The first-order chi connectivity index (χ1) is 9.65. The van der Waals surface area contributed by atoms with Crippen molar-refractivity contribution in [1.29, 1.82) is 0 Å². The summed E-state index contributed by atoms with van der Waals surface area (Å²) in [5, 5.41) is 3.67. The Labute approximate surface area is 125 Å². The van der Waals surface area contributed by atoms with Gasteiger partial charge in [0.05, 0.1) is 5.69 Å². The van der Waals surface area contributed by atoms with Gasteiger partial charge in [0.2, 0.25) is 0 Å². The van der Waals surface area contributed by atoms with E-state index in [2.05, 4.69) is 42.1 Å². The van der Waals surface area contributed by atoms with Crippen LogP contribution in [0, 0.1) is 0 Å². The molecule has 0 unspecified atom stereocenters. The summed E-state index contributed by atoms with van der Waals surface area (Å²) in [5.41, 5.74) is 9.25. The van der Waals surface area contributed by atoms with Gasteiger partial charge in [-0.05, 0) is 48.0 Å². The maximum Gasteiger partial charge on any atom is 0.189 e. The quantitative estimate of drug-likeness (QED) is 0.583. The molecule has 104 valence electrons. The lowest BCUT2D eigenvalue weighted by Crippen LogP contribution is -2.33. The Balaban J connectivity index is 1.85. The van der Waals surface area contributed by atoms with Gasteiger partial charge in [0, 0.05) is 5.69 Å². The van der Waals surface area contributed by atoms with Crippen LogP contribution >= 0.6 is 12.2 Å². The van der Waals surface area contributed by atoms with Crippen molar-refractivity contribution in [1.82, 2.24) is 5.43 Å². The molecule has 0 aromatic heterocycles. The number of hydrazine groups is 1. The van der Waals surface area contributed by atoms with Gasteiger partial charge < -0.3 is 5.32 Å². The van der Waals surface area contributed by atoms with E-state index in [0.717, 1.165) is 11.4 Å². The third-order valence-corrected chi connectivity index (χ3v) is 3.13. The largest absolute Gasteiger partial charge is 0.331 e. The summed E-state index contributed by atoms with van der Waals surface area (Å²) >= 11 is 5.23. The van der Waals surface area contributed by atoms with Crippen LogP contribution in [-0.4, -0.2) is 5.11 Å². The van der Waals surface area contributed by atoms with Gasteiger partial charge in [-0.25, -0.2) is 0 Å². The van der Waals surface area contributed by atoms with Crippen molar-refractivity contribution in [2.75, 3.05) is 10.7 Å². The fourth-order valence-corrected chi connectivity index (χ4v) is 1.93. The van der Waals surface area contributed by atoms with Crippen molar-refractivity contribution in [3.8, 4) is 0 Å². The highest BCUT2D eigenvalue weighted by atomic mass is 32.1. The number of benzene rings is 2. The Morgan fingerprint density at radius 2 is 1.55 bits per heavy atom. The fourth-order valence-electron chi connectivity index (χ4n) is 1.76. The number of nitrogens with one attached hydrogen (secondary N) is 3. The van der Waals surface area contributed by atoms with Crippen LogP contribution in [0.3, 0.4) is 0 Å². The van der Waals surface area contributed by atoms with Crippen LogP contribution in [0.25, 0.3) is 0 Å². The highest BCUT2D eigenvalue weighted by Gasteiger charge is 2.00. The van der Waals surface area contributed by atoms with Crippen LogP contribution in [0.15, 0.2) is 54.6 Å². The highest BCUT2D eigenvalue weighted by Crippen LogP contribution is 2.17. The predicted octanol–water partition coefficient (Wildman–Crippen LogP) is 4.12. The molecular weight excluding hydrogens is 266 g/mol. The Morgan fingerprint density at radius 1 is 0.900 bits per heavy atom. The van der Waals surface area contributed by atoms with E-state index >= 15 is 0 Å². The van der Waals surface area contributed by atoms with Gasteiger partial charge in [-0.1, -0.05) is 44.2 Å². The van der Waals surface area contributed by atoms with Gasteiger partial charge in [0.15, 0.2) is 5.11 Å². The predicted molar refractivity (Wildman–Crippen MR) is 90.0 cm³/mol. The van der Waals surface area contributed by atoms with E-state index in [4.69, 9.17) is 12.2 Å². The summed E-state index contributed by atoms with van der Waals surface area (Å²) in [6.45, 7) is 4.36. The van der Waals surface area contributed by atoms with Gasteiger partial charge in [-0.2, -0.15) is 0 Å². The smallest absolute Gasteiger partial charge is 0.189 e. The van der Waals surface area contributed by atoms with E-state index in [-0.39, 0.29) is 0 Å². The number of para-hydroxylation sites is 1. The van der Waals surface area contributed by atoms with E-state index in [9.17, 15) is 0 Å². The first-order valence-electron chi connectivity index (χ1n) is 6.63. The molecule has 3 N–H and O–H groups in total. The van der Waals surface area contributed by atoms with Gasteiger partial charge in [0.25, 0.3) is 0 Å². The SMILES string of the molecule is CC(C)c1ccc(NC(=S)NNc2ccccc2)cc1. The summed E-state index contributed by atoms with van der Waals surface area (Å²) in [5.74, 6) is 0.536. The Hall–Kier alpha value is -2.07. The molecule has 0 heterocycles. The molecule has 0 fully saturated rings. The zero-order valence-corrected chi connectivity index (χ0v) is 12.5. The molecule has 0 saturated heterocycles. The van der Waals surface area contributed by atoms with E-state index in [1.165, 1.54) is 5.56 Å². The lowest BCUT2D eigenvalue weighted by Gasteiger charge is -2.13. The van der Waals surface area contributed by atoms with E-state index in [0.29, 0.717) is 11.0 Å². The third kappa shape index (κ3) is 4.24. The molecule has 0 saturated carbocycles. The monoisotopic (exact) mass is 285 g/mol. The lowest BCUT2D eigenvalue weighted by atomic mass is 10.0. The molecule has 0 bridgehead atoms. The molecule has 0 radical (unpaired) electrons. The number of rotatable bonds is 4. The standard InChI is InChI=1S/C16H19N3S/c1-12(2)13-8-10-14(11-9-13)17-16(20)19-18-15-6-4-3-5-7-15/h3-12,18H,1-2H3,(H2,17,19,20). The maximum absolute atomic E-state index is 5.23. The van der Waals surface area contributed by atoms with Crippen molar-refractivity contribution in [2.45, 2.75) is 19.8 Å². The van der Waals surface area contributed by atoms with E-state index in [1.807, 2.05) is 42.5 Å². The second-order valence-electron chi connectivity index (χ2n) is 4.85. The van der Waals surface area contributed by atoms with Crippen LogP contribution in [0.2, 0.25) is 0 Å². The molecule has 0 aliphatic carbocycles. The van der Waals surface area contributed by atoms with Crippen molar-refractivity contribution < 1.29 is 0 Å². The molecular formula is C16H19N3S. The molecule has 20 heavy (non-hydrogen) atoms. The Bertz CT molecular complexity index is 550. The molecule has 0 aliphatic heterocycles. The molecule has 0 spiro atoms. The minimum absolute atomic E-state index is 0.533. The first-order valence-corrected chi connectivity index (χ1v) is 7.04. The number of hydrogen-bond acceptors (Lipinski definition) is 2. The average Bonchev–Trinajstić information content (AvgIpc) is 2.47. The summed E-state index contributed by atoms with van der Waals surface area (Å²) in [7, 11) is 0. The van der Waals surface area contributed by atoms with Crippen molar-refractivity contribution >= 4 is 28.7 Å². The highest BCUT2D eigenvalue weighted by molar-refractivity contribution is 7.80. The molecule has 3 nitrogen and oxygen atoms in total. The van der Waals surface area contributed by atoms with Crippen LogP contribution in [0.4, 0.5) is 11.4 Å². The fraction of sp³-hybridized carbons (Fsp3) is 0.188. The molecule has 2 aromatic rings. The summed E-state index contributed by atoms with van der Waals surface area (Å²) in [6, 6.07) is 18.1. The normalized spacial score (nSPS) is 10.2. The molecule has 0 amide bonds. The summed E-state index contributed by atoms with van der Waals surface area (Å²) < 4.78 is 0. The minimum Gasteiger partial charge on any atom is -0.331 e. The molecule has 4 heteroatoms. The van der Waals surface area contributed by atoms with Crippen LogP contribution in [0.5, 0.6) is 0 Å². The van der Waals surface area contributed by atoms with Crippen LogP contribution in [-0.2, 0) is 0 Å². The van der Waals surface area contributed by atoms with Crippen molar-refractivity contribution in [2.24, 2.45) is 0 Å². The molecule has 2 rings (SSSR count). The number of hydrogen-bond donors (Lipinski definition) is 3. The van der Waals surface area contributed by atoms with Gasteiger partial charge in [0.1, 0.15) is 0 Å². The zero-order chi connectivity index (χ0) is 14.4. The first kappa shape index (κ1) is 14.3. The average molecular weight is 285 g/mol. The van der Waals surface area contributed by atoms with Crippen LogP contribution in [0.1, 0.15) is 25.3 Å². The van der Waals surface area contributed by atoms with E-state index < -0.39 is 0 Å². The Morgan fingerprint density at radius 3 is 2.15 bits per heavy atom. The number of anilines is 2. The molecule has 0 aliphatic rings. The van der Waals surface area contributed by atoms with E-state index in [1.54, 1.807) is 0 Å². The minimum atomic E-state index is 0.533. The van der Waals surface area contributed by atoms with Gasteiger partial charge in [-0.15, -0.1) is 0 Å². The van der Waals surface area contributed by atoms with Crippen LogP contribution < -0.4 is 16.2 Å². The topological polar surface area (TPSA) is 36.1 Å². The van der Waals surface area contributed by atoms with Gasteiger partial charge >= 0.3 is 0 Å². The lowest BCUT2D eigenvalue weighted by molar-refractivity contribution is 0.867. The Kier molecular flexibility index (Phi) is 4.96. The third-order valence-electron chi connectivity index (χ3n) is 2.93. The summed E-state index contributed by atoms with van der Waals surface area (Å²) in [6.07, 6.45) is 0. The second kappa shape index (κ2) is 6.91. The van der Waals surface area contributed by atoms with Gasteiger partial charge in [-0.3, -0.25) is 10.9 Å². The maximum atomic E-state index is 5.23.